The highest BCUT2D eigenvalue weighted by molar-refractivity contribution is 6.06. The largest absolute Gasteiger partial charge is 0.438 e. The molecule has 42 heavy (non-hydrogen) atoms. The number of halogens is 3. The third kappa shape index (κ3) is 7.32. The third-order valence-corrected chi connectivity index (χ3v) is 6.45. The molecule has 4 aromatic rings. The third-order valence-electron chi connectivity index (χ3n) is 6.45. The smallest absolute Gasteiger partial charge is 0.416 e. The molecule has 0 spiro atoms. The number of alkyl halides is 3. The number of aryl methyl sites for hydroxylation is 1. The molecule has 2 N–H and O–H groups in total. The van der Waals surface area contributed by atoms with Crippen LogP contribution in [0, 0.1) is 6.92 Å². The number of aromatic nitrogens is 3. The Morgan fingerprint density at radius 1 is 0.976 bits per heavy atom. The molecule has 0 fully saturated rings. The van der Waals surface area contributed by atoms with E-state index in [1.807, 2.05) is 25.9 Å². The van der Waals surface area contributed by atoms with Crippen molar-refractivity contribution in [2.75, 3.05) is 56.8 Å². The van der Waals surface area contributed by atoms with Crippen LogP contribution < -0.4 is 20.3 Å². The lowest BCUT2D eigenvalue weighted by molar-refractivity contribution is -0.137. The number of benzene rings is 2. The Labute approximate surface area is 242 Å². The molecule has 0 aliphatic carbocycles. The van der Waals surface area contributed by atoms with Crippen LogP contribution in [0.3, 0.4) is 0 Å². The van der Waals surface area contributed by atoms with Crippen molar-refractivity contribution in [2.45, 2.75) is 13.1 Å². The van der Waals surface area contributed by atoms with Gasteiger partial charge in [-0.1, -0.05) is 6.07 Å². The Bertz CT molecular complexity index is 1560. The van der Waals surface area contributed by atoms with Gasteiger partial charge < -0.3 is 25.2 Å². The maximum Gasteiger partial charge on any atom is 0.416 e. The van der Waals surface area contributed by atoms with Crippen LogP contribution in [0.5, 0.6) is 11.6 Å². The molecule has 0 unspecified atom stereocenters. The van der Waals surface area contributed by atoms with Crippen molar-refractivity contribution < 1.29 is 22.7 Å². The van der Waals surface area contributed by atoms with Gasteiger partial charge in [0.15, 0.2) is 0 Å². The summed E-state index contributed by atoms with van der Waals surface area (Å²) in [5, 5.41) is 5.57. The van der Waals surface area contributed by atoms with Crippen LogP contribution in [0.25, 0.3) is 11.3 Å². The maximum atomic E-state index is 13.6. The lowest BCUT2D eigenvalue weighted by atomic mass is 10.1. The zero-order chi connectivity index (χ0) is 30.4. The van der Waals surface area contributed by atoms with Crippen LogP contribution in [0.2, 0.25) is 0 Å². The molecule has 1 amide bonds. The van der Waals surface area contributed by atoms with E-state index < -0.39 is 17.6 Å². The fraction of sp³-hybridized carbons (Fsp3) is 0.267. The van der Waals surface area contributed by atoms with Crippen LogP contribution >= 0.6 is 0 Å². The monoisotopic (exact) mass is 579 g/mol. The van der Waals surface area contributed by atoms with Crippen molar-refractivity contribution in [3.63, 3.8) is 0 Å². The highest BCUT2D eigenvalue weighted by Gasteiger charge is 2.31. The topological polar surface area (TPSA) is 95.5 Å². The fourth-order valence-corrected chi connectivity index (χ4v) is 4.06. The van der Waals surface area contributed by atoms with Gasteiger partial charge in [0.1, 0.15) is 5.75 Å². The summed E-state index contributed by atoms with van der Waals surface area (Å²) in [6, 6.07) is 13.4. The first-order valence-corrected chi connectivity index (χ1v) is 13.1. The second kappa shape index (κ2) is 12.9. The average molecular weight is 580 g/mol. The summed E-state index contributed by atoms with van der Waals surface area (Å²) in [5.41, 5.74) is 1.78. The molecular formula is C30H32F3N7O2. The first-order chi connectivity index (χ1) is 20.0. The molecule has 0 aliphatic heterocycles. The number of hydrogen-bond donors (Lipinski definition) is 2. The van der Waals surface area contributed by atoms with Crippen LogP contribution in [-0.2, 0) is 6.18 Å². The number of carbonyl (C=O) groups excluding carboxylic acids is 1. The summed E-state index contributed by atoms with van der Waals surface area (Å²) < 4.78 is 46.8. The summed E-state index contributed by atoms with van der Waals surface area (Å²) >= 11 is 0. The van der Waals surface area contributed by atoms with Crippen molar-refractivity contribution in [1.82, 2.24) is 19.9 Å². The summed E-state index contributed by atoms with van der Waals surface area (Å²) in [4.78, 5) is 30.1. The number of hydrogen-bond acceptors (Lipinski definition) is 8. The number of pyridine rings is 1. The van der Waals surface area contributed by atoms with E-state index in [-0.39, 0.29) is 17.1 Å². The Morgan fingerprint density at radius 2 is 1.76 bits per heavy atom. The molecule has 2 aromatic carbocycles. The molecule has 0 radical (unpaired) electrons. The number of ether oxygens (including phenoxy) is 1. The highest BCUT2D eigenvalue weighted by atomic mass is 19.4. The zero-order valence-corrected chi connectivity index (χ0v) is 24.0. The van der Waals surface area contributed by atoms with Gasteiger partial charge in [-0.15, -0.1) is 0 Å². The number of nitrogens with zero attached hydrogens (tertiary/aromatic N) is 5. The second-order valence-electron chi connectivity index (χ2n) is 9.86. The molecule has 220 valence electrons. The first kappa shape index (κ1) is 30.3. The lowest BCUT2D eigenvalue weighted by Crippen LogP contribution is -2.29. The van der Waals surface area contributed by atoms with Crippen molar-refractivity contribution >= 4 is 23.2 Å². The van der Waals surface area contributed by atoms with Crippen LogP contribution in [-0.4, -0.2) is 67.0 Å². The van der Waals surface area contributed by atoms with Crippen molar-refractivity contribution in [1.29, 1.82) is 0 Å². The van der Waals surface area contributed by atoms with E-state index in [2.05, 4.69) is 25.6 Å². The number of amides is 1. The summed E-state index contributed by atoms with van der Waals surface area (Å²) in [5.74, 6) is 0.468. The number of rotatable bonds is 10. The van der Waals surface area contributed by atoms with Gasteiger partial charge in [0.25, 0.3) is 5.91 Å². The van der Waals surface area contributed by atoms with E-state index in [4.69, 9.17) is 4.74 Å². The molecular weight excluding hydrogens is 547 g/mol. The predicted octanol–water partition coefficient (Wildman–Crippen LogP) is 5.95. The number of anilines is 3. The fourth-order valence-electron chi connectivity index (χ4n) is 4.06. The predicted molar refractivity (Wildman–Crippen MR) is 157 cm³/mol. The van der Waals surface area contributed by atoms with Gasteiger partial charge in [-0.25, -0.2) is 15.0 Å². The first-order valence-electron chi connectivity index (χ1n) is 13.1. The minimum atomic E-state index is -4.57. The minimum Gasteiger partial charge on any atom is -0.438 e. The molecule has 0 saturated heterocycles. The summed E-state index contributed by atoms with van der Waals surface area (Å²) in [7, 11) is 7.29. The number of carbonyl (C=O) groups is 1. The molecule has 0 bridgehead atoms. The molecule has 2 heterocycles. The van der Waals surface area contributed by atoms with Gasteiger partial charge in [-0.3, -0.25) is 4.79 Å². The van der Waals surface area contributed by atoms with E-state index in [0.717, 1.165) is 17.7 Å². The Morgan fingerprint density at radius 3 is 2.48 bits per heavy atom. The zero-order valence-electron chi connectivity index (χ0n) is 24.0. The standard InChI is InChI=1S/C30H32F3N7O2/c1-19-8-9-20(17-26(19)42-28-22(7-6-13-35-28)23-12-14-36-29(34-2)38-23)27(41)37-24-18-21(30(31,32)33)10-11-25(24)40(5)16-15-39(3)4/h6-14,17-18H,15-16H2,1-5H3,(H,37,41)(H,34,36,38). The summed E-state index contributed by atoms with van der Waals surface area (Å²) in [6.45, 7) is 3.02. The molecule has 2 aromatic heterocycles. The molecule has 0 saturated carbocycles. The van der Waals surface area contributed by atoms with E-state index in [9.17, 15) is 18.0 Å². The van der Waals surface area contributed by atoms with Gasteiger partial charge in [0.05, 0.1) is 28.2 Å². The van der Waals surface area contributed by atoms with E-state index >= 15 is 0 Å². The molecule has 4 rings (SSSR count). The molecule has 12 heteroatoms. The lowest BCUT2D eigenvalue weighted by Gasteiger charge is -2.25. The number of likely N-dealkylation sites (N-methyl/N-ethyl adjacent to an activating group) is 2. The van der Waals surface area contributed by atoms with Gasteiger partial charge in [-0.05, 0) is 75.1 Å². The Hall–Kier alpha value is -4.71. The van der Waals surface area contributed by atoms with Crippen LogP contribution in [0.4, 0.5) is 30.5 Å². The van der Waals surface area contributed by atoms with Gasteiger partial charge in [0, 0.05) is 45.1 Å². The number of nitrogens with one attached hydrogen (secondary N) is 2. The van der Waals surface area contributed by atoms with E-state index in [0.29, 0.717) is 41.7 Å². The van der Waals surface area contributed by atoms with Gasteiger partial charge in [-0.2, -0.15) is 13.2 Å². The van der Waals surface area contributed by atoms with Crippen molar-refractivity contribution in [3.8, 4) is 22.9 Å². The minimum absolute atomic E-state index is 0.0511. The van der Waals surface area contributed by atoms with Crippen molar-refractivity contribution in [3.05, 3.63) is 83.7 Å². The Balaban J connectivity index is 1.64. The Kier molecular flexibility index (Phi) is 9.26. The van der Waals surface area contributed by atoms with Gasteiger partial charge in [0.2, 0.25) is 11.8 Å². The second-order valence-corrected chi connectivity index (χ2v) is 9.86. The van der Waals surface area contributed by atoms with E-state index in [1.165, 1.54) is 12.1 Å². The quantitative estimate of drug-likeness (QED) is 0.238. The van der Waals surface area contributed by atoms with Crippen LogP contribution in [0.1, 0.15) is 21.5 Å². The molecule has 0 atom stereocenters. The van der Waals surface area contributed by atoms with E-state index in [1.54, 1.807) is 61.7 Å². The van der Waals surface area contributed by atoms with Crippen molar-refractivity contribution in [2.24, 2.45) is 0 Å². The van der Waals surface area contributed by atoms with Gasteiger partial charge >= 0.3 is 6.18 Å². The normalized spacial score (nSPS) is 11.4. The average Bonchev–Trinajstić information content (AvgIpc) is 2.96. The molecule has 9 nitrogen and oxygen atoms in total. The highest BCUT2D eigenvalue weighted by Crippen LogP contribution is 2.36. The summed E-state index contributed by atoms with van der Waals surface area (Å²) in [6.07, 6.45) is -1.38. The maximum absolute atomic E-state index is 13.6. The molecule has 0 aliphatic rings. The van der Waals surface area contributed by atoms with Crippen LogP contribution in [0.15, 0.2) is 67.0 Å². The SMILES string of the molecule is CNc1nccc(-c2cccnc2Oc2cc(C(=O)Nc3cc(C(F)(F)F)ccc3N(C)CCN(C)C)ccc2C)n1.